The van der Waals surface area contributed by atoms with Crippen molar-refractivity contribution >= 4 is 0 Å². The fraction of sp³-hybridized carbons (Fsp3) is 0.143. The minimum Gasteiger partial charge on any atom is -0.384 e. The van der Waals surface area contributed by atoms with Gasteiger partial charge in [-0.05, 0) is 23.8 Å². The lowest BCUT2D eigenvalue weighted by Gasteiger charge is -2.06. The summed E-state index contributed by atoms with van der Waals surface area (Å²) < 4.78 is 14.4. The third-order valence-electron chi connectivity index (χ3n) is 2.48. The summed E-state index contributed by atoms with van der Waals surface area (Å²) in [5.74, 6) is 4.71. The van der Waals surface area contributed by atoms with Crippen molar-refractivity contribution in [3.63, 3.8) is 0 Å². The molecule has 0 radical (unpaired) electrons. The highest BCUT2D eigenvalue weighted by Gasteiger charge is 2.04. The lowest BCUT2D eigenvalue weighted by molar-refractivity contribution is 0.350. The number of nitrogens with zero attached hydrogens (tertiary/aromatic N) is 2. The van der Waals surface area contributed by atoms with Crippen molar-refractivity contribution in [2.45, 2.75) is 6.54 Å². The average molecular weight is 258 g/mol. The van der Waals surface area contributed by atoms with E-state index in [-0.39, 0.29) is 18.7 Å². The van der Waals surface area contributed by atoms with E-state index in [2.05, 4.69) is 16.9 Å². The Bertz CT molecular complexity index is 698. The molecule has 1 aromatic heterocycles. The summed E-state index contributed by atoms with van der Waals surface area (Å²) in [5, 5.41) is 12.6. The van der Waals surface area contributed by atoms with Gasteiger partial charge in [-0.2, -0.15) is 5.10 Å². The standard InChI is InChI=1S/C14H11FN2O2/c15-13-6-5-12(11(9-13)3-2-8-18)10-17-14(19)4-1-7-16-17/h1,4-7,9,18H,8,10H2. The van der Waals surface area contributed by atoms with Gasteiger partial charge in [0.2, 0.25) is 0 Å². The zero-order valence-electron chi connectivity index (χ0n) is 10.0. The molecule has 1 N–H and O–H groups in total. The van der Waals surface area contributed by atoms with E-state index in [4.69, 9.17) is 5.11 Å². The molecule has 0 unspecified atom stereocenters. The molecule has 4 nitrogen and oxygen atoms in total. The minimum atomic E-state index is -0.417. The molecule has 0 amide bonds. The Kier molecular flexibility index (Phi) is 4.06. The number of aromatic nitrogens is 2. The van der Waals surface area contributed by atoms with Crippen LogP contribution in [0.25, 0.3) is 0 Å². The summed E-state index contributed by atoms with van der Waals surface area (Å²) in [7, 11) is 0. The number of aliphatic hydroxyl groups is 1. The van der Waals surface area contributed by atoms with Crippen LogP contribution in [-0.2, 0) is 6.54 Å². The molecule has 0 aliphatic rings. The van der Waals surface area contributed by atoms with Crippen molar-refractivity contribution in [2.24, 2.45) is 0 Å². The maximum Gasteiger partial charge on any atom is 0.267 e. The van der Waals surface area contributed by atoms with E-state index in [1.54, 1.807) is 12.1 Å². The van der Waals surface area contributed by atoms with E-state index in [0.717, 1.165) is 0 Å². The number of aliphatic hydroxyl groups excluding tert-OH is 1. The normalized spacial score (nSPS) is 9.79. The van der Waals surface area contributed by atoms with Crippen molar-refractivity contribution in [1.29, 1.82) is 0 Å². The van der Waals surface area contributed by atoms with Crippen LogP contribution in [-0.4, -0.2) is 21.5 Å². The molecule has 1 aromatic carbocycles. The molecular formula is C14H11FN2O2. The minimum absolute atomic E-state index is 0.204. The van der Waals surface area contributed by atoms with Gasteiger partial charge >= 0.3 is 0 Å². The summed E-state index contributed by atoms with van der Waals surface area (Å²) in [5.41, 5.74) is 0.864. The van der Waals surface area contributed by atoms with Crippen molar-refractivity contribution in [3.05, 3.63) is 63.8 Å². The SMILES string of the molecule is O=c1cccnn1Cc1ccc(F)cc1C#CCO. The average Bonchev–Trinajstić information content (AvgIpc) is 2.41. The van der Waals surface area contributed by atoms with E-state index < -0.39 is 5.82 Å². The Morgan fingerprint density at radius 1 is 1.37 bits per heavy atom. The first kappa shape index (κ1) is 13.0. The van der Waals surface area contributed by atoms with Gasteiger partial charge in [0.25, 0.3) is 5.56 Å². The van der Waals surface area contributed by atoms with Gasteiger partial charge < -0.3 is 5.11 Å². The van der Waals surface area contributed by atoms with Crippen LogP contribution in [0.4, 0.5) is 4.39 Å². The highest BCUT2D eigenvalue weighted by Crippen LogP contribution is 2.11. The van der Waals surface area contributed by atoms with Crippen molar-refractivity contribution in [3.8, 4) is 11.8 Å². The van der Waals surface area contributed by atoms with Gasteiger partial charge in [0, 0.05) is 17.8 Å². The molecule has 0 saturated carbocycles. The fourth-order valence-corrected chi connectivity index (χ4v) is 1.61. The number of halogens is 1. The highest BCUT2D eigenvalue weighted by atomic mass is 19.1. The molecule has 0 aliphatic heterocycles. The zero-order valence-corrected chi connectivity index (χ0v) is 10.0. The number of rotatable bonds is 2. The highest BCUT2D eigenvalue weighted by molar-refractivity contribution is 5.41. The Morgan fingerprint density at radius 3 is 2.95 bits per heavy atom. The van der Waals surface area contributed by atoms with Crippen LogP contribution in [0.3, 0.4) is 0 Å². The van der Waals surface area contributed by atoms with Crippen LogP contribution in [0, 0.1) is 17.7 Å². The third kappa shape index (κ3) is 3.27. The molecule has 2 rings (SSSR count). The first-order chi connectivity index (χ1) is 9.20. The predicted molar refractivity (Wildman–Crippen MR) is 68.0 cm³/mol. The molecule has 2 aromatic rings. The molecule has 96 valence electrons. The quantitative estimate of drug-likeness (QED) is 0.810. The number of hydrogen-bond acceptors (Lipinski definition) is 3. The summed E-state index contributed by atoms with van der Waals surface area (Å²) >= 11 is 0. The monoisotopic (exact) mass is 258 g/mol. The van der Waals surface area contributed by atoms with Crippen molar-refractivity contribution in [1.82, 2.24) is 9.78 Å². The van der Waals surface area contributed by atoms with Crippen LogP contribution < -0.4 is 5.56 Å². The van der Waals surface area contributed by atoms with Crippen LogP contribution in [0.15, 0.2) is 41.3 Å². The van der Waals surface area contributed by atoms with E-state index >= 15 is 0 Å². The molecule has 0 atom stereocenters. The topological polar surface area (TPSA) is 55.1 Å². The fourth-order valence-electron chi connectivity index (χ4n) is 1.61. The van der Waals surface area contributed by atoms with E-state index in [9.17, 15) is 9.18 Å². The molecule has 0 saturated heterocycles. The molecule has 0 aliphatic carbocycles. The number of hydrogen-bond donors (Lipinski definition) is 1. The predicted octanol–water partition coefficient (Wildman–Crippen LogP) is 0.774. The second kappa shape index (κ2) is 5.94. The van der Waals surface area contributed by atoms with Gasteiger partial charge in [0.1, 0.15) is 12.4 Å². The van der Waals surface area contributed by atoms with Crippen LogP contribution in [0.1, 0.15) is 11.1 Å². The van der Waals surface area contributed by atoms with Gasteiger partial charge in [-0.25, -0.2) is 9.07 Å². The van der Waals surface area contributed by atoms with Gasteiger partial charge in [-0.1, -0.05) is 17.9 Å². The maximum absolute atomic E-state index is 13.2. The van der Waals surface area contributed by atoms with Crippen LogP contribution in [0.2, 0.25) is 0 Å². The van der Waals surface area contributed by atoms with E-state index in [1.807, 2.05) is 0 Å². The summed E-state index contributed by atoms with van der Waals surface area (Å²) in [6, 6.07) is 7.07. The first-order valence-corrected chi connectivity index (χ1v) is 5.61. The van der Waals surface area contributed by atoms with Crippen molar-refractivity contribution in [2.75, 3.05) is 6.61 Å². The lowest BCUT2D eigenvalue weighted by atomic mass is 10.1. The molecule has 0 spiro atoms. The van der Waals surface area contributed by atoms with Crippen molar-refractivity contribution < 1.29 is 9.50 Å². The Labute approximate surface area is 109 Å². The Balaban J connectivity index is 2.40. The summed E-state index contributed by atoms with van der Waals surface area (Å²) in [4.78, 5) is 11.6. The largest absolute Gasteiger partial charge is 0.384 e. The van der Waals surface area contributed by atoms with Gasteiger partial charge in [-0.15, -0.1) is 0 Å². The molecule has 5 heteroatoms. The molecule has 19 heavy (non-hydrogen) atoms. The van der Waals surface area contributed by atoms with Gasteiger partial charge in [0.15, 0.2) is 0 Å². The lowest BCUT2D eigenvalue weighted by Crippen LogP contribution is -2.22. The summed E-state index contributed by atoms with van der Waals surface area (Å²) in [6.45, 7) is -0.102. The molecule has 0 bridgehead atoms. The zero-order chi connectivity index (χ0) is 13.7. The number of benzene rings is 1. The second-order valence-electron chi connectivity index (χ2n) is 3.78. The van der Waals surface area contributed by atoms with E-state index in [1.165, 1.54) is 29.1 Å². The van der Waals surface area contributed by atoms with Crippen LogP contribution >= 0.6 is 0 Å². The smallest absolute Gasteiger partial charge is 0.267 e. The van der Waals surface area contributed by atoms with E-state index in [0.29, 0.717) is 11.1 Å². The molecule has 0 fully saturated rings. The third-order valence-corrected chi connectivity index (χ3v) is 2.48. The Morgan fingerprint density at radius 2 is 2.21 bits per heavy atom. The molecule has 1 heterocycles. The molecular weight excluding hydrogens is 247 g/mol. The first-order valence-electron chi connectivity index (χ1n) is 5.61. The maximum atomic E-state index is 13.2. The van der Waals surface area contributed by atoms with Crippen LogP contribution in [0.5, 0.6) is 0 Å². The Hall–Kier alpha value is -2.45. The summed E-state index contributed by atoms with van der Waals surface area (Å²) in [6.07, 6.45) is 1.50. The van der Waals surface area contributed by atoms with Gasteiger partial charge in [-0.3, -0.25) is 4.79 Å². The van der Waals surface area contributed by atoms with Gasteiger partial charge in [0.05, 0.1) is 6.54 Å². The second-order valence-corrected chi connectivity index (χ2v) is 3.78.